The molecule has 0 atom stereocenters. The number of ether oxygens (including phenoxy) is 1. The van der Waals surface area contributed by atoms with Crippen LogP contribution in [0.3, 0.4) is 0 Å². The molecule has 0 aromatic carbocycles. The summed E-state index contributed by atoms with van der Waals surface area (Å²) in [6, 6.07) is 0. The highest BCUT2D eigenvalue weighted by Gasteiger charge is 1.97. The van der Waals surface area contributed by atoms with Crippen LogP contribution < -0.4 is 5.32 Å². The molecule has 0 heterocycles. The number of rotatable bonds is 7. The first-order valence-corrected chi connectivity index (χ1v) is 4.36. The molecule has 2 N–H and O–H groups in total. The Morgan fingerprint density at radius 1 is 1.50 bits per heavy atom. The molecule has 1 amide bonds. The van der Waals surface area contributed by atoms with Crippen molar-refractivity contribution in [1.82, 2.24) is 5.32 Å². The number of aliphatic hydroxyl groups is 1. The molecule has 4 nitrogen and oxygen atoms in total. The first kappa shape index (κ1) is 11.7. The van der Waals surface area contributed by atoms with Gasteiger partial charge in [0, 0.05) is 18.8 Å². The molecule has 0 aliphatic rings. The molecule has 0 saturated carbocycles. The van der Waals surface area contributed by atoms with Crippen molar-refractivity contribution in [2.24, 2.45) is 0 Å². The van der Waals surface area contributed by atoms with Crippen molar-refractivity contribution < 1.29 is 14.6 Å². The zero-order chi connectivity index (χ0) is 9.23. The summed E-state index contributed by atoms with van der Waals surface area (Å²) in [5.41, 5.74) is 0. The van der Waals surface area contributed by atoms with E-state index in [1.54, 1.807) is 0 Å². The van der Waals surface area contributed by atoms with E-state index in [2.05, 4.69) is 5.32 Å². The molecule has 0 unspecified atom stereocenters. The Balaban J connectivity index is 3.03. The van der Waals surface area contributed by atoms with Gasteiger partial charge in [0.05, 0.1) is 19.8 Å². The summed E-state index contributed by atoms with van der Waals surface area (Å²) in [6.45, 7) is 1.21. The molecule has 0 aromatic rings. The van der Waals surface area contributed by atoms with Crippen molar-refractivity contribution in [3.8, 4) is 0 Å². The average Bonchev–Trinajstić information content (AvgIpc) is 2.05. The SMILES string of the molecule is O=C(CCCl)NCCOCCO. The van der Waals surface area contributed by atoms with E-state index in [4.69, 9.17) is 21.4 Å². The van der Waals surface area contributed by atoms with Crippen molar-refractivity contribution >= 4 is 17.5 Å². The van der Waals surface area contributed by atoms with E-state index < -0.39 is 0 Å². The van der Waals surface area contributed by atoms with E-state index in [0.717, 1.165) is 0 Å². The summed E-state index contributed by atoms with van der Waals surface area (Å²) < 4.78 is 4.91. The van der Waals surface area contributed by atoms with Crippen LogP contribution in [0.4, 0.5) is 0 Å². The van der Waals surface area contributed by atoms with Gasteiger partial charge in [0.2, 0.25) is 5.91 Å². The van der Waals surface area contributed by atoms with Crippen molar-refractivity contribution in [3.05, 3.63) is 0 Å². The highest BCUT2D eigenvalue weighted by molar-refractivity contribution is 6.18. The highest BCUT2D eigenvalue weighted by atomic mass is 35.5. The van der Waals surface area contributed by atoms with Crippen molar-refractivity contribution in [2.45, 2.75) is 6.42 Å². The molecule has 0 rings (SSSR count). The number of alkyl halides is 1. The zero-order valence-electron chi connectivity index (χ0n) is 6.88. The van der Waals surface area contributed by atoms with E-state index in [9.17, 15) is 4.79 Å². The summed E-state index contributed by atoms with van der Waals surface area (Å²) >= 11 is 5.33. The lowest BCUT2D eigenvalue weighted by Crippen LogP contribution is -2.27. The molecule has 0 saturated heterocycles. The summed E-state index contributed by atoms with van der Waals surface area (Å²) in [4.78, 5) is 10.8. The molecule has 0 aromatic heterocycles. The number of amides is 1. The Labute approximate surface area is 76.9 Å². The molecule has 5 heteroatoms. The predicted molar refractivity (Wildman–Crippen MR) is 46.3 cm³/mol. The largest absolute Gasteiger partial charge is 0.394 e. The lowest BCUT2D eigenvalue weighted by Gasteiger charge is -2.03. The van der Waals surface area contributed by atoms with Gasteiger partial charge in [0.1, 0.15) is 0 Å². The fraction of sp³-hybridized carbons (Fsp3) is 0.857. The van der Waals surface area contributed by atoms with Crippen LogP contribution in [0.25, 0.3) is 0 Å². The predicted octanol–water partition coefficient (Wildman–Crippen LogP) is -0.260. The lowest BCUT2D eigenvalue weighted by molar-refractivity contribution is -0.120. The molecule has 0 fully saturated rings. The standard InChI is InChI=1S/C7H14ClNO3/c8-2-1-7(11)9-3-5-12-6-4-10/h10H,1-6H2,(H,9,11). The molecule has 0 bridgehead atoms. The van der Waals surface area contributed by atoms with Gasteiger partial charge in [0.15, 0.2) is 0 Å². The summed E-state index contributed by atoms with van der Waals surface area (Å²) in [5.74, 6) is 0.265. The molecule has 0 aliphatic heterocycles. The fourth-order valence-electron chi connectivity index (χ4n) is 0.603. The van der Waals surface area contributed by atoms with Crippen LogP contribution in [0.15, 0.2) is 0 Å². The van der Waals surface area contributed by atoms with Crippen molar-refractivity contribution in [1.29, 1.82) is 0 Å². The molecule has 72 valence electrons. The number of carbonyl (C=O) groups excluding carboxylic acids is 1. The van der Waals surface area contributed by atoms with E-state index in [-0.39, 0.29) is 12.5 Å². The Morgan fingerprint density at radius 2 is 2.25 bits per heavy atom. The molecular weight excluding hydrogens is 182 g/mol. The first-order chi connectivity index (χ1) is 5.81. The molecule has 0 radical (unpaired) electrons. The first-order valence-electron chi connectivity index (χ1n) is 3.82. The molecule has 12 heavy (non-hydrogen) atoms. The third-order valence-corrected chi connectivity index (χ3v) is 1.31. The molecular formula is C7H14ClNO3. The minimum absolute atomic E-state index is 0.00955. The van der Waals surface area contributed by atoms with Crippen LogP contribution in [-0.2, 0) is 9.53 Å². The van der Waals surface area contributed by atoms with Gasteiger partial charge in [-0.2, -0.15) is 0 Å². The quantitative estimate of drug-likeness (QED) is 0.435. The smallest absolute Gasteiger partial charge is 0.221 e. The Bertz CT molecular complexity index is 121. The summed E-state index contributed by atoms with van der Waals surface area (Å²) in [5, 5.41) is 10.9. The van der Waals surface area contributed by atoms with E-state index >= 15 is 0 Å². The van der Waals surface area contributed by atoms with Crippen LogP contribution in [0.2, 0.25) is 0 Å². The number of halogens is 1. The van der Waals surface area contributed by atoms with Gasteiger partial charge < -0.3 is 15.2 Å². The normalized spacial score (nSPS) is 9.83. The van der Waals surface area contributed by atoms with Crippen LogP contribution in [0.1, 0.15) is 6.42 Å². The topological polar surface area (TPSA) is 58.6 Å². The van der Waals surface area contributed by atoms with Crippen LogP contribution in [-0.4, -0.2) is 43.3 Å². The van der Waals surface area contributed by atoms with Gasteiger partial charge in [-0.05, 0) is 0 Å². The summed E-state index contributed by atoms with van der Waals surface area (Å²) in [7, 11) is 0. The van der Waals surface area contributed by atoms with Crippen molar-refractivity contribution in [2.75, 3.05) is 32.2 Å². The number of aliphatic hydroxyl groups excluding tert-OH is 1. The Kier molecular flexibility index (Phi) is 8.54. The molecule has 0 aliphatic carbocycles. The van der Waals surface area contributed by atoms with Crippen molar-refractivity contribution in [3.63, 3.8) is 0 Å². The van der Waals surface area contributed by atoms with E-state index in [0.29, 0.717) is 32.1 Å². The maximum absolute atomic E-state index is 10.8. The number of hydrogen-bond donors (Lipinski definition) is 2. The second kappa shape index (κ2) is 8.77. The minimum atomic E-state index is -0.0717. The molecule has 0 spiro atoms. The van der Waals surface area contributed by atoms with Gasteiger partial charge in [-0.25, -0.2) is 0 Å². The van der Waals surface area contributed by atoms with Crippen LogP contribution in [0.5, 0.6) is 0 Å². The monoisotopic (exact) mass is 195 g/mol. The van der Waals surface area contributed by atoms with Crippen LogP contribution in [0, 0.1) is 0 Å². The maximum atomic E-state index is 10.8. The third-order valence-electron chi connectivity index (χ3n) is 1.13. The fourth-order valence-corrected chi connectivity index (χ4v) is 0.775. The van der Waals surface area contributed by atoms with Gasteiger partial charge in [-0.1, -0.05) is 0 Å². The lowest BCUT2D eigenvalue weighted by atomic mass is 10.4. The minimum Gasteiger partial charge on any atom is -0.394 e. The second-order valence-corrected chi connectivity index (χ2v) is 2.50. The van der Waals surface area contributed by atoms with Crippen LogP contribution >= 0.6 is 11.6 Å². The van der Waals surface area contributed by atoms with Gasteiger partial charge in [-0.3, -0.25) is 4.79 Å². The number of carbonyl (C=O) groups is 1. The Morgan fingerprint density at radius 3 is 2.83 bits per heavy atom. The number of hydrogen-bond acceptors (Lipinski definition) is 3. The summed E-state index contributed by atoms with van der Waals surface area (Å²) in [6.07, 6.45) is 0.335. The van der Waals surface area contributed by atoms with Gasteiger partial charge in [0.25, 0.3) is 0 Å². The van der Waals surface area contributed by atoms with Gasteiger partial charge >= 0.3 is 0 Å². The van der Waals surface area contributed by atoms with Gasteiger partial charge in [-0.15, -0.1) is 11.6 Å². The van der Waals surface area contributed by atoms with E-state index in [1.807, 2.05) is 0 Å². The highest BCUT2D eigenvalue weighted by Crippen LogP contribution is 1.83. The Hall–Kier alpha value is -0.320. The second-order valence-electron chi connectivity index (χ2n) is 2.12. The maximum Gasteiger partial charge on any atom is 0.221 e. The third kappa shape index (κ3) is 7.78. The average molecular weight is 196 g/mol. The zero-order valence-corrected chi connectivity index (χ0v) is 7.64. The van der Waals surface area contributed by atoms with E-state index in [1.165, 1.54) is 0 Å². The number of nitrogens with one attached hydrogen (secondary N) is 1.